The Labute approximate surface area is 97.8 Å². The van der Waals surface area contributed by atoms with E-state index >= 15 is 0 Å². The zero-order valence-electron chi connectivity index (χ0n) is 9.32. The third-order valence-electron chi connectivity index (χ3n) is 2.40. The van der Waals surface area contributed by atoms with E-state index in [0.29, 0.717) is 5.69 Å². The summed E-state index contributed by atoms with van der Waals surface area (Å²) in [5.41, 5.74) is 1.31. The molecule has 1 heterocycles. The van der Waals surface area contributed by atoms with Crippen LogP contribution < -0.4 is 5.32 Å². The molecule has 17 heavy (non-hydrogen) atoms. The van der Waals surface area contributed by atoms with Gasteiger partial charge in [-0.05, 0) is 12.1 Å². The first-order valence-corrected chi connectivity index (χ1v) is 5.13. The van der Waals surface area contributed by atoms with Gasteiger partial charge in [0.15, 0.2) is 0 Å². The van der Waals surface area contributed by atoms with E-state index in [1.165, 1.54) is 7.11 Å². The van der Waals surface area contributed by atoms with Gasteiger partial charge in [0.05, 0.1) is 7.11 Å². The predicted molar refractivity (Wildman–Crippen MR) is 62.6 cm³/mol. The minimum atomic E-state index is -0.477. The van der Waals surface area contributed by atoms with E-state index in [9.17, 15) is 9.59 Å². The molecule has 0 aliphatic rings. The Bertz CT molecular complexity index is 527. The highest BCUT2D eigenvalue weighted by Gasteiger charge is 2.10. The Balaban J connectivity index is 2.11. The lowest BCUT2D eigenvalue weighted by molar-refractivity contribution is -0.139. The molecule has 0 bridgehead atoms. The van der Waals surface area contributed by atoms with E-state index < -0.39 is 5.97 Å². The van der Waals surface area contributed by atoms with Gasteiger partial charge >= 0.3 is 5.97 Å². The number of H-pyrrole nitrogens is 1. The van der Waals surface area contributed by atoms with Crippen molar-refractivity contribution in [2.75, 3.05) is 13.7 Å². The molecule has 5 nitrogen and oxygen atoms in total. The molecule has 1 amide bonds. The Kier molecular flexibility index (Phi) is 3.09. The first kappa shape index (κ1) is 11.2. The van der Waals surface area contributed by atoms with Gasteiger partial charge in [-0.25, -0.2) is 0 Å². The van der Waals surface area contributed by atoms with Crippen LogP contribution in [0.1, 0.15) is 10.5 Å². The number of carbonyl (C=O) groups excluding carboxylic acids is 2. The Hall–Kier alpha value is -2.30. The number of benzene rings is 1. The average molecular weight is 232 g/mol. The van der Waals surface area contributed by atoms with Crippen LogP contribution in [0.5, 0.6) is 0 Å². The number of rotatable bonds is 3. The lowest BCUT2D eigenvalue weighted by Gasteiger charge is -2.01. The molecule has 1 aromatic heterocycles. The summed E-state index contributed by atoms with van der Waals surface area (Å²) in [6.45, 7) is -0.134. The van der Waals surface area contributed by atoms with Crippen molar-refractivity contribution in [1.82, 2.24) is 10.3 Å². The van der Waals surface area contributed by atoms with E-state index in [4.69, 9.17) is 0 Å². The van der Waals surface area contributed by atoms with Crippen LogP contribution in [0.3, 0.4) is 0 Å². The molecule has 1 aromatic carbocycles. The molecule has 5 heteroatoms. The quantitative estimate of drug-likeness (QED) is 0.777. The fourth-order valence-corrected chi connectivity index (χ4v) is 1.52. The molecule has 0 atom stereocenters. The normalized spacial score (nSPS) is 10.2. The van der Waals surface area contributed by atoms with Crippen LogP contribution in [0.4, 0.5) is 0 Å². The van der Waals surface area contributed by atoms with Crippen molar-refractivity contribution in [2.24, 2.45) is 0 Å². The van der Waals surface area contributed by atoms with Gasteiger partial charge < -0.3 is 15.0 Å². The van der Waals surface area contributed by atoms with Crippen LogP contribution in [0.15, 0.2) is 30.3 Å². The molecule has 0 radical (unpaired) electrons. The highest BCUT2D eigenvalue weighted by atomic mass is 16.5. The van der Waals surface area contributed by atoms with Crippen LogP contribution in [0.25, 0.3) is 10.9 Å². The van der Waals surface area contributed by atoms with E-state index in [-0.39, 0.29) is 12.5 Å². The summed E-state index contributed by atoms with van der Waals surface area (Å²) in [4.78, 5) is 25.5. The molecule has 0 unspecified atom stereocenters. The second-order valence-corrected chi connectivity index (χ2v) is 3.53. The summed E-state index contributed by atoms with van der Waals surface area (Å²) in [5, 5.41) is 3.42. The first-order valence-electron chi connectivity index (χ1n) is 5.13. The fraction of sp³-hybridized carbons (Fsp3) is 0.167. The second-order valence-electron chi connectivity index (χ2n) is 3.53. The van der Waals surface area contributed by atoms with Gasteiger partial charge in [0, 0.05) is 10.9 Å². The number of carbonyl (C=O) groups is 2. The smallest absolute Gasteiger partial charge is 0.325 e. The molecule has 0 saturated carbocycles. The number of fused-ring (bicyclic) bond motifs is 1. The number of nitrogens with one attached hydrogen (secondary N) is 2. The SMILES string of the molecule is COC(=O)CNC(=O)c1cc2ccccc2[nH]1. The van der Waals surface area contributed by atoms with Crippen LogP contribution in [-0.2, 0) is 9.53 Å². The van der Waals surface area contributed by atoms with Crippen molar-refractivity contribution in [1.29, 1.82) is 0 Å². The average Bonchev–Trinajstić information content (AvgIpc) is 2.79. The van der Waals surface area contributed by atoms with Gasteiger partial charge in [-0.3, -0.25) is 9.59 Å². The number of aromatic amines is 1. The van der Waals surface area contributed by atoms with Crippen molar-refractivity contribution in [2.45, 2.75) is 0 Å². The third kappa shape index (κ3) is 2.44. The number of para-hydroxylation sites is 1. The van der Waals surface area contributed by atoms with Gasteiger partial charge in [0.2, 0.25) is 0 Å². The Morgan fingerprint density at radius 3 is 2.82 bits per heavy atom. The Morgan fingerprint density at radius 2 is 2.12 bits per heavy atom. The van der Waals surface area contributed by atoms with Crippen molar-refractivity contribution in [3.8, 4) is 0 Å². The number of esters is 1. The van der Waals surface area contributed by atoms with E-state index in [1.54, 1.807) is 6.07 Å². The molecule has 2 rings (SSSR count). The van der Waals surface area contributed by atoms with Crippen LogP contribution in [0, 0.1) is 0 Å². The van der Waals surface area contributed by atoms with Crippen LogP contribution >= 0.6 is 0 Å². The monoisotopic (exact) mass is 232 g/mol. The summed E-state index contributed by atoms with van der Waals surface area (Å²) in [6, 6.07) is 9.30. The standard InChI is InChI=1S/C12H12N2O3/c1-17-11(15)7-13-12(16)10-6-8-4-2-3-5-9(8)14-10/h2-6,14H,7H2,1H3,(H,13,16). The predicted octanol–water partition coefficient (Wildman–Crippen LogP) is 1.07. The Morgan fingerprint density at radius 1 is 1.35 bits per heavy atom. The molecule has 0 saturated heterocycles. The van der Waals surface area contributed by atoms with Gasteiger partial charge in [-0.2, -0.15) is 0 Å². The summed E-state index contributed by atoms with van der Waals surface area (Å²) >= 11 is 0. The molecule has 0 aliphatic heterocycles. The molecule has 2 aromatic rings. The molecular formula is C12H12N2O3. The molecule has 0 aliphatic carbocycles. The number of hydrogen-bond donors (Lipinski definition) is 2. The third-order valence-corrected chi connectivity index (χ3v) is 2.40. The van der Waals surface area contributed by atoms with Gasteiger partial charge in [-0.15, -0.1) is 0 Å². The summed E-state index contributed by atoms with van der Waals surface area (Å²) in [6.07, 6.45) is 0. The maximum atomic E-state index is 11.7. The summed E-state index contributed by atoms with van der Waals surface area (Å²) < 4.78 is 4.43. The number of ether oxygens (including phenoxy) is 1. The number of amides is 1. The highest BCUT2D eigenvalue weighted by Crippen LogP contribution is 2.14. The number of aromatic nitrogens is 1. The zero-order chi connectivity index (χ0) is 12.3. The molecule has 88 valence electrons. The zero-order valence-corrected chi connectivity index (χ0v) is 9.32. The second kappa shape index (κ2) is 4.69. The van der Waals surface area contributed by atoms with Crippen LogP contribution in [0.2, 0.25) is 0 Å². The van der Waals surface area contributed by atoms with Gasteiger partial charge in [0.25, 0.3) is 5.91 Å². The summed E-state index contributed by atoms with van der Waals surface area (Å²) in [7, 11) is 1.28. The topological polar surface area (TPSA) is 71.2 Å². The van der Waals surface area contributed by atoms with Crippen molar-refractivity contribution >= 4 is 22.8 Å². The van der Waals surface area contributed by atoms with Gasteiger partial charge in [0.1, 0.15) is 12.2 Å². The van der Waals surface area contributed by atoms with E-state index in [1.807, 2.05) is 24.3 Å². The minimum Gasteiger partial charge on any atom is -0.468 e. The first-order chi connectivity index (χ1) is 8.20. The molecule has 0 fully saturated rings. The van der Waals surface area contributed by atoms with Gasteiger partial charge in [-0.1, -0.05) is 18.2 Å². The van der Waals surface area contributed by atoms with Crippen molar-refractivity contribution in [3.05, 3.63) is 36.0 Å². The maximum absolute atomic E-state index is 11.7. The lowest BCUT2D eigenvalue weighted by atomic mass is 10.2. The molecular weight excluding hydrogens is 220 g/mol. The van der Waals surface area contributed by atoms with Crippen molar-refractivity contribution in [3.63, 3.8) is 0 Å². The van der Waals surface area contributed by atoms with E-state index in [0.717, 1.165) is 10.9 Å². The number of hydrogen-bond acceptors (Lipinski definition) is 3. The number of methoxy groups -OCH3 is 1. The summed E-state index contributed by atoms with van der Waals surface area (Å²) in [5.74, 6) is -0.805. The van der Waals surface area contributed by atoms with Crippen LogP contribution in [-0.4, -0.2) is 30.5 Å². The molecule has 2 N–H and O–H groups in total. The lowest BCUT2D eigenvalue weighted by Crippen LogP contribution is -2.30. The largest absolute Gasteiger partial charge is 0.468 e. The van der Waals surface area contributed by atoms with E-state index in [2.05, 4.69) is 15.0 Å². The molecule has 0 spiro atoms. The minimum absolute atomic E-state index is 0.134. The highest BCUT2D eigenvalue weighted by molar-refractivity contribution is 5.99. The van der Waals surface area contributed by atoms with Crippen molar-refractivity contribution < 1.29 is 14.3 Å². The maximum Gasteiger partial charge on any atom is 0.325 e. The fourth-order valence-electron chi connectivity index (χ4n) is 1.52.